The second-order valence-corrected chi connectivity index (χ2v) is 9.58. The Morgan fingerprint density at radius 1 is 1.16 bits per heavy atom. The van der Waals surface area contributed by atoms with Crippen LogP contribution in [0.3, 0.4) is 0 Å². The van der Waals surface area contributed by atoms with Crippen LogP contribution in [0.4, 0.5) is 5.82 Å². The van der Waals surface area contributed by atoms with Crippen LogP contribution in [0, 0.1) is 6.92 Å². The van der Waals surface area contributed by atoms with Crippen molar-refractivity contribution in [3.05, 3.63) is 53.3 Å². The number of nitrogens with zero attached hydrogens (tertiary/aromatic N) is 4. The first-order chi connectivity index (χ1) is 15.2. The van der Waals surface area contributed by atoms with Crippen molar-refractivity contribution in [3.8, 4) is 22.6 Å². The molecule has 166 valence electrons. The SMILES string of the molecule is CCN(C)S(=O)(=O)c1ccc(-c2cnc(N)c(-c3ccc4c(c3)CCNC4=O)n2)nc1C. The van der Waals surface area contributed by atoms with E-state index >= 15 is 0 Å². The van der Waals surface area contributed by atoms with Crippen molar-refractivity contribution < 1.29 is 13.2 Å². The second-order valence-electron chi connectivity index (χ2n) is 7.57. The molecule has 2 aromatic heterocycles. The third-order valence-corrected chi connectivity index (χ3v) is 7.60. The summed E-state index contributed by atoms with van der Waals surface area (Å²) in [5, 5.41) is 2.82. The number of nitrogen functional groups attached to an aromatic ring is 1. The Morgan fingerprint density at radius 2 is 1.94 bits per heavy atom. The van der Waals surface area contributed by atoms with E-state index in [1.807, 2.05) is 6.07 Å². The number of nitrogens with two attached hydrogens (primary N) is 1. The highest BCUT2D eigenvalue weighted by atomic mass is 32.2. The molecule has 0 atom stereocenters. The fraction of sp³-hybridized carbons (Fsp3) is 0.273. The molecule has 0 saturated heterocycles. The lowest BCUT2D eigenvalue weighted by Crippen LogP contribution is -2.31. The van der Waals surface area contributed by atoms with Gasteiger partial charge in [-0.05, 0) is 43.2 Å². The molecule has 10 heteroatoms. The van der Waals surface area contributed by atoms with Crippen LogP contribution in [0.25, 0.3) is 22.6 Å². The molecule has 0 fully saturated rings. The first-order valence-corrected chi connectivity index (χ1v) is 11.6. The molecule has 3 aromatic rings. The van der Waals surface area contributed by atoms with E-state index in [1.54, 1.807) is 32.0 Å². The van der Waals surface area contributed by atoms with E-state index in [0.29, 0.717) is 41.4 Å². The van der Waals surface area contributed by atoms with E-state index < -0.39 is 10.0 Å². The number of pyridine rings is 1. The largest absolute Gasteiger partial charge is 0.382 e. The quantitative estimate of drug-likeness (QED) is 0.605. The summed E-state index contributed by atoms with van der Waals surface area (Å²) in [6.07, 6.45) is 2.24. The van der Waals surface area contributed by atoms with Gasteiger partial charge in [0.25, 0.3) is 5.91 Å². The molecule has 4 rings (SSSR count). The molecular formula is C22H24N6O3S. The zero-order chi connectivity index (χ0) is 23.0. The Labute approximate surface area is 186 Å². The van der Waals surface area contributed by atoms with Gasteiger partial charge in [-0.2, -0.15) is 0 Å². The summed E-state index contributed by atoms with van der Waals surface area (Å²) in [5.41, 5.74) is 10.3. The first-order valence-electron chi connectivity index (χ1n) is 10.2. The van der Waals surface area contributed by atoms with Crippen LogP contribution in [0.15, 0.2) is 41.4 Å². The van der Waals surface area contributed by atoms with Crippen LogP contribution < -0.4 is 11.1 Å². The van der Waals surface area contributed by atoms with Crippen molar-refractivity contribution in [1.29, 1.82) is 0 Å². The predicted molar refractivity (Wildman–Crippen MR) is 121 cm³/mol. The molecule has 9 nitrogen and oxygen atoms in total. The number of nitrogens with one attached hydrogen (secondary N) is 1. The fourth-order valence-electron chi connectivity index (χ4n) is 3.61. The highest BCUT2D eigenvalue weighted by molar-refractivity contribution is 7.89. The van der Waals surface area contributed by atoms with Gasteiger partial charge in [-0.1, -0.05) is 13.0 Å². The number of benzene rings is 1. The lowest BCUT2D eigenvalue weighted by Gasteiger charge is -2.18. The molecule has 1 aromatic carbocycles. The minimum Gasteiger partial charge on any atom is -0.382 e. The Kier molecular flexibility index (Phi) is 5.66. The van der Waals surface area contributed by atoms with Crippen molar-refractivity contribution in [2.45, 2.75) is 25.2 Å². The van der Waals surface area contributed by atoms with Gasteiger partial charge in [0.1, 0.15) is 22.1 Å². The average molecular weight is 453 g/mol. The van der Waals surface area contributed by atoms with E-state index in [2.05, 4.69) is 20.3 Å². The molecule has 3 heterocycles. The fourth-order valence-corrected chi connectivity index (χ4v) is 4.95. The number of carbonyl (C=O) groups excluding carboxylic acids is 1. The van der Waals surface area contributed by atoms with Gasteiger partial charge in [-0.15, -0.1) is 0 Å². The zero-order valence-electron chi connectivity index (χ0n) is 18.1. The van der Waals surface area contributed by atoms with Crippen LogP contribution in [0.2, 0.25) is 0 Å². The van der Waals surface area contributed by atoms with Gasteiger partial charge >= 0.3 is 0 Å². The lowest BCUT2D eigenvalue weighted by atomic mass is 9.96. The lowest BCUT2D eigenvalue weighted by molar-refractivity contribution is 0.0946. The van der Waals surface area contributed by atoms with Gasteiger partial charge in [-0.3, -0.25) is 9.78 Å². The van der Waals surface area contributed by atoms with Crippen molar-refractivity contribution in [1.82, 2.24) is 24.6 Å². The van der Waals surface area contributed by atoms with Gasteiger partial charge in [0.2, 0.25) is 10.0 Å². The molecule has 1 amide bonds. The van der Waals surface area contributed by atoms with Crippen LogP contribution in [0.5, 0.6) is 0 Å². The normalized spacial score (nSPS) is 13.7. The summed E-state index contributed by atoms with van der Waals surface area (Å²) in [6, 6.07) is 8.62. The number of hydrogen-bond acceptors (Lipinski definition) is 7. The monoisotopic (exact) mass is 452 g/mol. The second kappa shape index (κ2) is 8.29. The maximum absolute atomic E-state index is 12.7. The Balaban J connectivity index is 1.74. The number of carbonyl (C=O) groups is 1. The van der Waals surface area contributed by atoms with Gasteiger partial charge < -0.3 is 11.1 Å². The maximum atomic E-state index is 12.7. The molecule has 0 aliphatic carbocycles. The minimum atomic E-state index is -3.61. The summed E-state index contributed by atoms with van der Waals surface area (Å²) in [7, 11) is -2.08. The molecule has 0 bridgehead atoms. The van der Waals surface area contributed by atoms with Crippen molar-refractivity contribution in [2.24, 2.45) is 0 Å². The molecule has 0 unspecified atom stereocenters. The van der Waals surface area contributed by atoms with Crippen LogP contribution >= 0.6 is 0 Å². The Hall–Kier alpha value is -3.37. The van der Waals surface area contributed by atoms with Crippen molar-refractivity contribution in [3.63, 3.8) is 0 Å². The van der Waals surface area contributed by atoms with Crippen molar-refractivity contribution in [2.75, 3.05) is 25.9 Å². The van der Waals surface area contributed by atoms with Crippen LogP contribution in [-0.2, 0) is 16.4 Å². The summed E-state index contributed by atoms with van der Waals surface area (Å²) >= 11 is 0. The van der Waals surface area contributed by atoms with Gasteiger partial charge in [-0.25, -0.2) is 22.7 Å². The third kappa shape index (κ3) is 3.82. The molecule has 1 aliphatic rings. The highest BCUT2D eigenvalue weighted by Crippen LogP contribution is 2.29. The number of sulfonamides is 1. The number of rotatable bonds is 5. The summed E-state index contributed by atoms with van der Waals surface area (Å²) < 4.78 is 26.6. The van der Waals surface area contributed by atoms with E-state index in [0.717, 1.165) is 17.5 Å². The number of hydrogen-bond donors (Lipinski definition) is 2. The topological polar surface area (TPSA) is 131 Å². The van der Waals surface area contributed by atoms with E-state index in [-0.39, 0.29) is 16.6 Å². The van der Waals surface area contributed by atoms with Gasteiger partial charge in [0.05, 0.1) is 17.6 Å². The van der Waals surface area contributed by atoms with E-state index in [1.165, 1.54) is 23.6 Å². The van der Waals surface area contributed by atoms with Gasteiger partial charge in [0.15, 0.2) is 0 Å². The maximum Gasteiger partial charge on any atom is 0.251 e. The zero-order valence-corrected chi connectivity index (χ0v) is 18.9. The predicted octanol–water partition coefficient (Wildman–Crippen LogP) is 2.02. The number of fused-ring (bicyclic) bond motifs is 1. The number of aryl methyl sites for hydroxylation is 1. The number of aromatic nitrogens is 3. The smallest absolute Gasteiger partial charge is 0.251 e. The standard InChI is InChI=1S/C22H24N6O3S/c1-4-28(3)32(30,31)19-8-7-17(26-13(19)2)18-12-25-21(23)20(27-18)15-5-6-16-14(11-15)9-10-24-22(16)29/h5-8,11-12H,4,9-10H2,1-3H3,(H2,23,25)(H,24,29). The Bertz CT molecular complexity index is 1320. The molecular weight excluding hydrogens is 428 g/mol. The number of anilines is 1. The summed E-state index contributed by atoms with van der Waals surface area (Å²) in [5.74, 6) is 0.170. The van der Waals surface area contributed by atoms with E-state index in [4.69, 9.17) is 5.73 Å². The summed E-state index contributed by atoms with van der Waals surface area (Å²) in [4.78, 5) is 25.6. The van der Waals surface area contributed by atoms with Crippen LogP contribution in [-0.4, -0.2) is 53.7 Å². The minimum absolute atomic E-state index is 0.0889. The first kappa shape index (κ1) is 21.8. The molecule has 0 spiro atoms. The molecule has 32 heavy (non-hydrogen) atoms. The third-order valence-electron chi connectivity index (χ3n) is 5.54. The van der Waals surface area contributed by atoms with Crippen molar-refractivity contribution >= 4 is 21.7 Å². The average Bonchev–Trinajstić information content (AvgIpc) is 2.78. The van der Waals surface area contributed by atoms with Gasteiger partial charge in [0, 0.05) is 31.3 Å². The highest BCUT2D eigenvalue weighted by Gasteiger charge is 2.23. The Morgan fingerprint density at radius 3 is 2.66 bits per heavy atom. The number of amides is 1. The van der Waals surface area contributed by atoms with E-state index in [9.17, 15) is 13.2 Å². The molecule has 3 N–H and O–H groups in total. The molecule has 0 radical (unpaired) electrons. The summed E-state index contributed by atoms with van der Waals surface area (Å²) in [6.45, 7) is 4.37. The molecule has 1 aliphatic heterocycles. The molecule has 0 saturated carbocycles. The van der Waals surface area contributed by atoms with Crippen LogP contribution in [0.1, 0.15) is 28.5 Å².